The molecule has 0 aliphatic rings. The van der Waals surface area contributed by atoms with Crippen LogP contribution in [-0.2, 0) is 6.61 Å². The second-order valence-electron chi connectivity index (χ2n) is 5.56. The molecule has 0 aliphatic carbocycles. The van der Waals surface area contributed by atoms with Gasteiger partial charge in [-0.25, -0.2) is 4.98 Å². The van der Waals surface area contributed by atoms with Gasteiger partial charge in [-0.2, -0.15) is 0 Å². The van der Waals surface area contributed by atoms with Gasteiger partial charge in [0.25, 0.3) is 5.91 Å². The Morgan fingerprint density at radius 3 is 2.62 bits per heavy atom. The first-order valence-corrected chi connectivity index (χ1v) is 8.44. The number of nitrogens with zero attached hydrogens (tertiary/aromatic N) is 1. The van der Waals surface area contributed by atoms with Crippen molar-refractivity contribution in [2.75, 3.05) is 5.32 Å². The Kier molecular flexibility index (Phi) is 4.74. The molecule has 24 heavy (non-hydrogen) atoms. The van der Waals surface area contributed by atoms with Gasteiger partial charge in [0.1, 0.15) is 9.88 Å². The van der Waals surface area contributed by atoms with E-state index >= 15 is 0 Å². The fourth-order valence-corrected chi connectivity index (χ4v) is 3.36. The first-order chi connectivity index (χ1) is 11.6. The number of hydrogen-bond donors (Lipinski definition) is 2. The number of nitrogens with one attached hydrogen (secondary N) is 1. The molecule has 122 valence electrons. The SMILES string of the molecule is Cc1ccc(CO)cc1NC(=O)c1sc(-c2ccccc2)nc1C. The lowest BCUT2D eigenvalue weighted by Crippen LogP contribution is -2.12. The molecule has 0 aliphatic heterocycles. The lowest BCUT2D eigenvalue weighted by molar-refractivity contribution is 0.102. The number of anilines is 1. The van der Waals surface area contributed by atoms with E-state index in [-0.39, 0.29) is 12.5 Å². The summed E-state index contributed by atoms with van der Waals surface area (Å²) in [4.78, 5) is 17.7. The van der Waals surface area contributed by atoms with Gasteiger partial charge in [0.2, 0.25) is 0 Å². The van der Waals surface area contributed by atoms with E-state index in [2.05, 4.69) is 10.3 Å². The number of thiazole rings is 1. The van der Waals surface area contributed by atoms with E-state index in [1.54, 1.807) is 6.07 Å². The summed E-state index contributed by atoms with van der Waals surface area (Å²) in [6, 6.07) is 15.3. The summed E-state index contributed by atoms with van der Waals surface area (Å²) in [5, 5.41) is 13.0. The molecule has 0 saturated carbocycles. The van der Waals surface area contributed by atoms with Crippen molar-refractivity contribution in [1.82, 2.24) is 4.98 Å². The van der Waals surface area contributed by atoms with Crippen molar-refractivity contribution in [2.24, 2.45) is 0 Å². The van der Waals surface area contributed by atoms with Crippen molar-refractivity contribution in [1.29, 1.82) is 0 Å². The van der Waals surface area contributed by atoms with Crippen molar-refractivity contribution < 1.29 is 9.90 Å². The summed E-state index contributed by atoms with van der Waals surface area (Å²) >= 11 is 1.38. The van der Waals surface area contributed by atoms with Gasteiger partial charge in [0.15, 0.2) is 0 Å². The predicted molar refractivity (Wildman–Crippen MR) is 97.3 cm³/mol. The molecule has 0 fully saturated rings. The molecule has 2 aromatic carbocycles. The average Bonchev–Trinajstić information content (AvgIpc) is 2.99. The van der Waals surface area contributed by atoms with Crippen molar-refractivity contribution >= 4 is 22.9 Å². The maximum Gasteiger partial charge on any atom is 0.267 e. The van der Waals surface area contributed by atoms with E-state index in [1.165, 1.54) is 11.3 Å². The maximum atomic E-state index is 12.6. The zero-order valence-electron chi connectivity index (χ0n) is 13.5. The number of aryl methyl sites for hydroxylation is 2. The summed E-state index contributed by atoms with van der Waals surface area (Å²) in [5.74, 6) is -0.176. The highest BCUT2D eigenvalue weighted by molar-refractivity contribution is 7.17. The smallest absolute Gasteiger partial charge is 0.267 e. The molecule has 0 atom stereocenters. The van der Waals surface area contributed by atoms with Crippen molar-refractivity contribution in [3.63, 3.8) is 0 Å². The van der Waals surface area contributed by atoms with Crippen LogP contribution in [0.15, 0.2) is 48.5 Å². The van der Waals surface area contributed by atoms with Crippen LogP contribution in [0.5, 0.6) is 0 Å². The van der Waals surface area contributed by atoms with Gasteiger partial charge in [-0.1, -0.05) is 42.5 Å². The van der Waals surface area contributed by atoms with Crippen molar-refractivity contribution in [3.8, 4) is 10.6 Å². The minimum atomic E-state index is -0.176. The first-order valence-electron chi connectivity index (χ1n) is 7.63. The number of hydrogen-bond acceptors (Lipinski definition) is 4. The Hall–Kier alpha value is -2.50. The molecule has 0 saturated heterocycles. The van der Waals surface area contributed by atoms with E-state index in [9.17, 15) is 9.90 Å². The second kappa shape index (κ2) is 6.95. The third kappa shape index (κ3) is 3.37. The van der Waals surface area contributed by atoms with Crippen LogP contribution in [0.25, 0.3) is 10.6 Å². The highest BCUT2D eigenvalue weighted by Gasteiger charge is 2.17. The van der Waals surface area contributed by atoms with Crippen LogP contribution in [0.4, 0.5) is 5.69 Å². The van der Waals surface area contributed by atoms with Crippen LogP contribution in [0.1, 0.15) is 26.5 Å². The van der Waals surface area contributed by atoms with E-state index in [1.807, 2.05) is 56.3 Å². The Morgan fingerprint density at radius 2 is 1.92 bits per heavy atom. The van der Waals surface area contributed by atoms with Gasteiger partial charge in [0.05, 0.1) is 12.3 Å². The molecule has 4 nitrogen and oxygen atoms in total. The Balaban J connectivity index is 1.87. The Labute approximate surface area is 144 Å². The van der Waals surface area contributed by atoms with E-state index in [0.717, 1.165) is 21.7 Å². The molecule has 0 spiro atoms. The number of aromatic nitrogens is 1. The van der Waals surface area contributed by atoms with Crippen LogP contribution in [0.3, 0.4) is 0 Å². The molecule has 1 heterocycles. The highest BCUT2D eigenvalue weighted by atomic mass is 32.1. The summed E-state index contributed by atoms with van der Waals surface area (Å²) in [6.45, 7) is 3.71. The third-order valence-electron chi connectivity index (χ3n) is 3.76. The highest BCUT2D eigenvalue weighted by Crippen LogP contribution is 2.28. The minimum absolute atomic E-state index is 0.0547. The van der Waals surface area contributed by atoms with Crippen molar-refractivity contribution in [2.45, 2.75) is 20.5 Å². The molecule has 0 unspecified atom stereocenters. The van der Waals surface area contributed by atoms with Gasteiger partial charge < -0.3 is 10.4 Å². The van der Waals surface area contributed by atoms with Gasteiger partial charge in [-0.15, -0.1) is 11.3 Å². The standard InChI is InChI=1S/C19H18N2O2S/c1-12-8-9-14(11-22)10-16(12)21-18(23)17-13(2)20-19(24-17)15-6-4-3-5-7-15/h3-10,22H,11H2,1-2H3,(H,21,23). The Morgan fingerprint density at radius 1 is 1.17 bits per heavy atom. The molecule has 1 amide bonds. The fraction of sp³-hybridized carbons (Fsp3) is 0.158. The molecule has 5 heteroatoms. The zero-order valence-corrected chi connectivity index (χ0v) is 14.4. The number of carbonyl (C=O) groups is 1. The molecule has 3 aromatic rings. The monoisotopic (exact) mass is 338 g/mol. The summed E-state index contributed by atoms with van der Waals surface area (Å²) < 4.78 is 0. The summed E-state index contributed by atoms with van der Waals surface area (Å²) in [5.41, 5.74) is 4.14. The van der Waals surface area contributed by atoms with E-state index in [0.29, 0.717) is 16.3 Å². The maximum absolute atomic E-state index is 12.6. The fourth-order valence-electron chi connectivity index (χ4n) is 2.39. The predicted octanol–water partition coefficient (Wildman–Crippen LogP) is 4.17. The van der Waals surface area contributed by atoms with Gasteiger partial charge in [-0.3, -0.25) is 4.79 Å². The van der Waals surface area contributed by atoms with Gasteiger partial charge in [-0.05, 0) is 31.0 Å². The number of rotatable bonds is 4. The number of amides is 1. The number of carbonyl (C=O) groups excluding carboxylic acids is 1. The molecular weight excluding hydrogens is 320 g/mol. The lowest BCUT2D eigenvalue weighted by Gasteiger charge is -2.09. The second-order valence-corrected chi connectivity index (χ2v) is 6.56. The lowest BCUT2D eigenvalue weighted by atomic mass is 10.1. The minimum Gasteiger partial charge on any atom is -0.392 e. The largest absolute Gasteiger partial charge is 0.392 e. The third-order valence-corrected chi connectivity index (χ3v) is 4.96. The molecular formula is C19H18N2O2S. The van der Waals surface area contributed by atoms with E-state index < -0.39 is 0 Å². The molecule has 2 N–H and O–H groups in total. The zero-order chi connectivity index (χ0) is 17.1. The summed E-state index contributed by atoms with van der Waals surface area (Å²) in [7, 11) is 0. The quantitative estimate of drug-likeness (QED) is 0.750. The van der Waals surface area contributed by atoms with Crippen molar-refractivity contribution in [3.05, 3.63) is 70.2 Å². The summed E-state index contributed by atoms with van der Waals surface area (Å²) in [6.07, 6.45) is 0. The average molecular weight is 338 g/mol. The molecule has 0 bridgehead atoms. The Bertz CT molecular complexity index is 872. The van der Waals surface area contributed by atoms with Crippen LogP contribution >= 0.6 is 11.3 Å². The number of benzene rings is 2. The number of aliphatic hydroxyl groups is 1. The number of aliphatic hydroxyl groups excluding tert-OH is 1. The van der Waals surface area contributed by atoms with Crippen LogP contribution < -0.4 is 5.32 Å². The van der Waals surface area contributed by atoms with Gasteiger partial charge >= 0.3 is 0 Å². The van der Waals surface area contributed by atoms with Gasteiger partial charge in [0, 0.05) is 11.3 Å². The van der Waals surface area contributed by atoms with E-state index in [4.69, 9.17) is 0 Å². The van der Waals surface area contributed by atoms with Crippen LogP contribution in [0, 0.1) is 13.8 Å². The van der Waals surface area contributed by atoms with Crippen LogP contribution in [0.2, 0.25) is 0 Å². The topological polar surface area (TPSA) is 62.2 Å². The van der Waals surface area contributed by atoms with Crippen LogP contribution in [-0.4, -0.2) is 16.0 Å². The molecule has 0 radical (unpaired) electrons. The molecule has 3 rings (SSSR count). The molecule has 1 aromatic heterocycles. The normalized spacial score (nSPS) is 10.6. The first kappa shape index (κ1) is 16.4.